The van der Waals surface area contributed by atoms with E-state index >= 15 is 0 Å². The monoisotopic (exact) mass is 432 g/mol. The molecule has 0 N–H and O–H groups in total. The standard InChI is InChI=1S/C22H36N2O3Si2/c1-17(2)28(18(3)4,25-21-13-9-11-15-23-21)27-29(19(5)6,20(7)8)26-22-14-10-12-16-24-22/h9-20H,1-8H3. The molecule has 160 valence electrons. The van der Waals surface area contributed by atoms with Crippen LogP contribution in [0.5, 0.6) is 11.8 Å². The van der Waals surface area contributed by atoms with Gasteiger partial charge in [-0.15, -0.1) is 0 Å². The second kappa shape index (κ2) is 9.87. The minimum Gasteiger partial charge on any atom is -0.506 e. The van der Waals surface area contributed by atoms with Crippen LogP contribution < -0.4 is 8.85 Å². The Kier molecular flexibility index (Phi) is 8.02. The Labute approximate surface area is 178 Å². The Hall–Kier alpha value is -1.71. The molecule has 5 nitrogen and oxygen atoms in total. The maximum Gasteiger partial charge on any atom is 0.397 e. The van der Waals surface area contributed by atoms with Gasteiger partial charge in [-0.1, -0.05) is 67.5 Å². The smallest absolute Gasteiger partial charge is 0.397 e. The molecule has 2 rings (SSSR count). The zero-order chi connectivity index (χ0) is 21.7. The van der Waals surface area contributed by atoms with E-state index in [-0.39, 0.29) is 22.2 Å². The lowest BCUT2D eigenvalue weighted by Crippen LogP contribution is -2.64. The van der Waals surface area contributed by atoms with Crippen molar-refractivity contribution in [3.63, 3.8) is 0 Å². The molecule has 0 aliphatic rings. The summed E-state index contributed by atoms with van der Waals surface area (Å²) in [7, 11) is -5.52. The molecule has 0 radical (unpaired) electrons. The molecule has 0 saturated heterocycles. The molecule has 0 spiro atoms. The third kappa shape index (κ3) is 5.26. The predicted octanol–water partition coefficient (Wildman–Crippen LogP) is 6.48. The molecule has 0 bridgehead atoms. The molecule has 0 aromatic carbocycles. The highest BCUT2D eigenvalue weighted by Gasteiger charge is 2.59. The van der Waals surface area contributed by atoms with E-state index in [0.717, 1.165) is 0 Å². The van der Waals surface area contributed by atoms with Crippen LogP contribution in [0.1, 0.15) is 55.4 Å². The number of pyridine rings is 2. The van der Waals surface area contributed by atoms with Gasteiger partial charge in [0.25, 0.3) is 0 Å². The highest BCUT2D eigenvalue weighted by atomic mass is 28.5. The topological polar surface area (TPSA) is 53.5 Å². The molecule has 2 heterocycles. The molecule has 0 amide bonds. The molecule has 0 fully saturated rings. The van der Waals surface area contributed by atoms with Crippen LogP contribution in [0.3, 0.4) is 0 Å². The quantitative estimate of drug-likeness (QED) is 0.402. The van der Waals surface area contributed by atoms with E-state index in [9.17, 15) is 0 Å². The summed E-state index contributed by atoms with van der Waals surface area (Å²) in [5.74, 6) is 1.24. The second-order valence-corrected chi connectivity index (χ2v) is 17.4. The first kappa shape index (κ1) is 23.6. The van der Waals surface area contributed by atoms with Crippen molar-refractivity contribution in [1.29, 1.82) is 0 Å². The molecule has 2 aromatic heterocycles. The van der Waals surface area contributed by atoms with Crippen molar-refractivity contribution in [1.82, 2.24) is 9.97 Å². The van der Waals surface area contributed by atoms with Gasteiger partial charge in [0.1, 0.15) is 0 Å². The van der Waals surface area contributed by atoms with Crippen LogP contribution in [-0.2, 0) is 4.12 Å². The van der Waals surface area contributed by atoms with Gasteiger partial charge in [0, 0.05) is 34.6 Å². The SMILES string of the molecule is CC(C)[Si](Oc1ccccn1)(O[Si](Oc1ccccn1)(C(C)C)C(C)C)C(C)C. The summed E-state index contributed by atoms with van der Waals surface area (Å²) >= 11 is 0. The Morgan fingerprint density at radius 1 is 0.586 bits per heavy atom. The van der Waals surface area contributed by atoms with E-state index in [1.807, 2.05) is 36.4 Å². The van der Waals surface area contributed by atoms with Crippen LogP contribution in [0, 0.1) is 0 Å². The molecule has 0 atom stereocenters. The van der Waals surface area contributed by atoms with Gasteiger partial charge < -0.3 is 13.0 Å². The average Bonchev–Trinajstić information content (AvgIpc) is 2.67. The van der Waals surface area contributed by atoms with E-state index in [1.54, 1.807) is 12.4 Å². The van der Waals surface area contributed by atoms with Crippen molar-refractivity contribution in [2.75, 3.05) is 0 Å². The zero-order valence-corrected chi connectivity index (χ0v) is 21.0. The van der Waals surface area contributed by atoms with Crippen LogP contribution in [0.4, 0.5) is 0 Å². The van der Waals surface area contributed by atoms with Crippen molar-refractivity contribution < 1.29 is 13.0 Å². The summed E-state index contributed by atoms with van der Waals surface area (Å²) in [5, 5.41) is 0. The fourth-order valence-electron chi connectivity index (χ4n) is 3.71. The number of hydrogen-bond acceptors (Lipinski definition) is 5. The Bertz CT molecular complexity index is 661. The van der Waals surface area contributed by atoms with Gasteiger partial charge in [0.15, 0.2) is 0 Å². The third-order valence-corrected chi connectivity index (χ3v) is 15.4. The van der Waals surface area contributed by atoms with E-state index in [4.69, 9.17) is 13.0 Å². The van der Waals surface area contributed by atoms with Crippen LogP contribution >= 0.6 is 0 Å². The van der Waals surface area contributed by atoms with Crippen LogP contribution in [-0.4, -0.2) is 27.1 Å². The lowest BCUT2D eigenvalue weighted by molar-refractivity contribution is 0.269. The first-order chi connectivity index (χ1) is 13.6. The summed E-state index contributed by atoms with van der Waals surface area (Å²) in [6.45, 7) is 17.5. The third-order valence-electron chi connectivity index (χ3n) is 5.34. The maximum atomic E-state index is 7.23. The zero-order valence-electron chi connectivity index (χ0n) is 19.0. The average molecular weight is 433 g/mol. The van der Waals surface area contributed by atoms with Gasteiger partial charge >= 0.3 is 17.1 Å². The summed E-state index contributed by atoms with van der Waals surface area (Å²) in [6.07, 6.45) is 3.52. The van der Waals surface area contributed by atoms with Gasteiger partial charge in [-0.2, -0.15) is 0 Å². The molecular weight excluding hydrogens is 396 g/mol. The highest BCUT2D eigenvalue weighted by molar-refractivity contribution is 6.84. The predicted molar refractivity (Wildman–Crippen MR) is 123 cm³/mol. The van der Waals surface area contributed by atoms with Crippen molar-refractivity contribution in [2.45, 2.75) is 77.6 Å². The molecule has 7 heteroatoms. The molecule has 2 aromatic rings. The Morgan fingerprint density at radius 3 is 1.17 bits per heavy atom. The van der Waals surface area contributed by atoms with Gasteiger partial charge in [-0.3, -0.25) is 0 Å². The Morgan fingerprint density at radius 2 is 0.931 bits per heavy atom. The minimum absolute atomic E-state index is 0.223. The maximum absolute atomic E-state index is 7.23. The molecular formula is C22H36N2O3Si2. The fraction of sp³-hybridized carbons (Fsp3) is 0.545. The van der Waals surface area contributed by atoms with Gasteiger partial charge in [-0.25, -0.2) is 9.97 Å². The van der Waals surface area contributed by atoms with Crippen molar-refractivity contribution in [3.8, 4) is 11.8 Å². The van der Waals surface area contributed by atoms with E-state index in [2.05, 4.69) is 65.4 Å². The molecule has 0 unspecified atom stereocenters. The normalized spacial score (nSPS) is 12.8. The van der Waals surface area contributed by atoms with Gasteiger partial charge in [0.05, 0.1) is 0 Å². The minimum atomic E-state index is -2.76. The first-order valence-corrected chi connectivity index (χ1v) is 14.5. The second-order valence-electron chi connectivity index (χ2n) is 8.70. The van der Waals surface area contributed by atoms with Crippen molar-refractivity contribution in [2.24, 2.45) is 0 Å². The largest absolute Gasteiger partial charge is 0.506 e. The summed E-state index contributed by atoms with van der Waals surface area (Å²) in [4.78, 5) is 8.85. The molecule has 0 aliphatic heterocycles. The number of aromatic nitrogens is 2. The number of rotatable bonds is 10. The summed E-state index contributed by atoms with van der Waals surface area (Å²) < 4.78 is 20.5. The number of nitrogens with zero attached hydrogens (tertiary/aromatic N) is 2. The fourth-order valence-corrected chi connectivity index (χ4v) is 14.3. The molecule has 0 aliphatic carbocycles. The van der Waals surface area contributed by atoms with Crippen molar-refractivity contribution in [3.05, 3.63) is 48.8 Å². The molecule has 0 saturated carbocycles. The van der Waals surface area contributed by atoms with E-state index < -0.39 is 17.1 Å². The summed E-state index contributed by atoms with van der Waals surface area (Å²) in [6, 6.07) is 11.5. The lowest BCUT2D eigenvalue weighted by Gasteiger charge is -2.47. The summed E-state index contributed by atoms with van der Waals surface area (Å²) in [5.41, 5.74) is 0.893. The van der Waals surface area contributed by atoms with Crippen LogP contribution in [0.2, 0.25) is 22.2 Å². The highest BCUT2D eigenvalue weighted by Crippen LogP contribution is 2.44. The van der Waals surface area contributed by atoms with Gasteiger partial charge in [0.2, 0.25) is 11.8 Å². The van der Waals surface area contributed by atoms with Crippen molar-refractivity contribution >= 4 is 17.1 Å². The van der Waals surface area contributed by atoms with E-state index in [1.165, 1.54) is 0 Å². The molecule has 29 heavy (non-hydrogen) atoms. The number of hydrogen-bond donors (Lipinski definition) is 0. The van der Waals surface area contributed by atoms with Crippen LogP contribution in [0.15, 0.2) is 48.8 Å². The first-order valence-electron chi connectivity index (χ1n) is 10.5. The van der Waals surface area contributed by atoms with Gasteiger partial charge in [-0.05, 0) is 24.3 Å². The van der Waals surface area contributed by atoms with E-state index in [0.29, 0.717) is 11.8 Å². The lowest BCUT2D eigenvalue weighted by atomic mass is 10.5. The Balaban J connectivity index is 2.54. The van der Waals surface area contributed by atoms with Crippen LogP contribution in [0.25, 0.3) is 0 Å².